The number of carbonyl (C=O) groups is 2. The summed E-state index contributed by atoms with van der Waals surface area (Å²) < 4.78 is 11.0. The molecule has 0 spiro atoms. The number of methoxy groups -OCH3 is 2. The first-order valence-corrected chi connectivity index (χ1v) is 17.2. The van der Waals surface area contributed by atoms with E-state index >= 15 is 0 Å². The molecule has 8 rings (SSSR count). The highest BCUT2D eigenvalue weighted by atomic mass is 16.5. The molecule has 254 valence electrons. The molecule has 0 aromatic heterocycles. The van der Waals surface area contributed by atoms with E-state index in [1.54, 1.807) is 24.0 Å². The minimum atomic E-state index is -0.219. The van der Waals surface area contributed by atoms with Crippen LogP contribution in [-0.4, -0.2) is 35.8 Å². The molecule has 2 amide bonds. The number of rotatable bonds is 10. The Bertz CT molecular complexity index is 2180. The van der Waals surface area contributed by atoms with E-state index < -0.39 is 0 Å². The molecule has 0 bridgehead atoms. The van der Waals surface area contributed by atoms with Crippen LogP contribution in [0, 0.1) is 0 Å². The van der Waals surface area contributed by atoms with Crippen molar-refractivity contribution >= 4 is 23.2 Å². The molecular formula is C46H36N2O4. The molecule has 0 fully saturated rings. The first kappa shape index (κ1) is 32.5. The average molecular weight is 681 g/mol. The van der Waals surface area contributed by atoms with Gasteiger partial charge in [0, 0.05) is 0 Å². The van der Waals surface area contributed by atoms with Gasteiger partial charge < -0.3 is 19.3 Å². The SMILES string of the molecule is COc1cccc(CN2C(=O)C3=C(c4ccc(-c5ccccc5)cc4)N(Cc4cccc(OC)c4)C(=O)C3=C2c2ccc(-c3ccccc3)cc2)c1. The first-order valence-electron chi connectivity index (χ1n) is 17.2. The summed E-state index contributed by atoms with van der Waals surface area (Å²) in [5.41, 5.74) is 9.64. The normalized spacial score (nSPS) is 14.0. The predicted molar refractivity (Wildman–Crippen MR) is 205 cm³/mol. The molecule has 2 heterocycles. The van der Waals surface area contributed by atoms with Crippen LogP contribution in [0.5, 0.6) is 11.5 Å². The van der Waals surface area contributed by atoms with Crippen molar-refractivity contribution in [3.05, 3.63) is 191 Å². The molecule has 0 radical (unpaired) electrons. The summed E-state index contributed by atoms with van der Waals surface area (Å²) in [5.74, 6) is 0.960. The highest BCUT2D eigenvalue weighted by Crippen LogP contribution is 2.48. The Morgan fingerprint density at radius 2 is 0.750 bits per heavy atom. The third-order valence-corrected chi connectivity index (χ3v) is 9.66. The zero-order valence-electron chi connectivity index (χ0n) is 29.0. The van der Waals surface area contributed by atoms with Gasteiger partial charge in [-0.25, -0.2) is 0 Å². The summed E-state index contributed by atoms with van der Waals surface area (Å²) >= 11 is 0. The van der Waals surface area contributed by atoms with Gasteiger partial charge in [0.2, 0.25) is 0 Å². The summed E-state index contributed by atoms with van der Waals surface area (Å²) in [5, 5.41) is 0. The van der Waals surface area contributed by atoms with Gasteiger partial charge in [0.25, 0.3) is 11.8 Å². The monoisotopic (exact) mass is 680 g/mol. The van der Waals surface area contributed by atoms with Crippen molar-refractivity contribution in [2.45, 2.75) is 13.1 Å². The zero-order valence-corrected chi connectivity index (χ0v) is 29.0. The number of amides is 2. The fraction of sp³-hybridized carbons (Fsp3) is 0.0870. The van der Waals surface area contributed by atoms with Gasteiger partial charge in [-0.05, 0) is 68.8 Å². The van der Waals surface area contributed by atoms with E-state index in [4.69, 9.17) is 9.47 Å². The van der Waals surface area contributed by atoms with E-state index in [1.165, 1.54) is 0 Å². The molecule has 0 saturated carbocycles. The Morgan fingerprint density at radius 3 is 1.12 bits per heavy atom. The van der Waals surface area contributed by atoms with Crippen LogP contribution in [0.15, 0.2) is 169 Å². The third kappa shape index (κ3) is 6.05. The molecule has 0 N–H and O–H groups in total. The van der Waals surface area contributed by atoms with Crippen LogP contribution in [-0.2, 0) is 22.7 Å². The van der Waals surface area contributed by atoms with Crippen molar-refractivity contribution in [2.24, 2.45) is 0 Å². The average Bonchev–Trinajstić information content (AvgIpc) is 3.64. The fourth-order valence-electron chi connectivity index (χ4n) is 7.11. The Morgan fingerprint density at radius 1 is 0.404 bits per heavy atom. The van der Waals surface area contributed by atoms with Crippen LogP contribution in [0.25, 0.3) is 33.6 Å². The van der Waals surface area contributed by atoms with Gasteiger partial charge in [0.05, 0.1) is 49.8 Å². The van der Waals surface area contributed by atoms with Crippen molar-refractivity contribution in [3.8, 4) is 33.8 Å². The number of fused-ring (bicyclic) bond motifs is 1. The van der Waals surface area contributed by atoms with Crippen molar-refractivity contribution in [2.75, 3.05) is 14.2 Å². The molecule has 6 nitrogen and oxygen atoms in total. The van der Waals surface area contributed by atoms with Crippen LogP contribution in [0.3, 0.4) is 0 Å². The van der Waals surface area contributed by atoms with E-state index in [-0.39, 0.29) is 24.9 Å². The molecule has 6 heteroatoms. The van der Waals surface area contributed by atoms with Crippen molar-refractivity contribution in [1.29, 1.82) is 0 Å². The molecule has 6 aromatic rings. The third-order valence-electron chi connectivity index (χ3n) is 9.66. The number of carbonyl (C=O) groups excluding carboxylic acids is 2. The van der Waals surface area contributed by atoms with Gasteiger partial charge in [-0.2, -0.15) is 0 Å². The summed E-state index contributed by atoms with van der Waals surface area (Å²) in [6, 6.07) is 51.9. The van der Waals surface area contributed by atoms with E-state index in [2.05, 4.69) is 24.3 Å². The Balaban J connectivity index is 1.30. The summed E-state index contributed by atoms with van der Waals surface area (Å²) in [6.45, 7) is 0.532. The molecule has 0 atom stereocenters. The molecule has 0 unspecified atom stereocenters. The number of ether oxygens (including phenoxy) is 2. The van der Waals surface area contributed by atoms with Crippen LogP contribution in [0.1, 0.15) is 22.3 Å². The van der Waals surface area contributed by atoms with Gasteiger partial charge in [-0.15, -0.1) is 0 Å². The minimum absolute atomic E-state index is 0.219. The quantitative estimate of drug-likeness (QED) is 0.145. The minimum Gasteiger partial charge on any atom is -0.497 e. The predicted octanol–water partition coefficient (Wildman–Crippen LogP) is 9.24. The second kappa shape index (κ2) is 13.9. The summed E-state index contributed by atoms with van der Waals surface area (Å²) in [6.07, 6.45) is 0. The van der Waals surface area contributed by atoms with Gasteiger partial charge in [-0.3, -0.25) is 9.59 Å². The topological polar surface area (TPSA) is 59.1 Å². The number of hydrogen-bond donors (Lipinski definition) is 0. The zero-order chi connectivity index (χ0) is 35.6. The van der Waals surface area contributed by atoms with E-state index in [0.29, 0.717) is 34.0 Å². The summed E-state index contributed by atoms with van der Waals surface area (Å²) in [4.78, 5) is 33.4. The highest BCUT2D eigenvalue weighted by Gasteiger charge is 2.48. The number of benzene rings is 6. The lowest BCUT2D eigenvalue weighted by Crippen LogP contribution is -2.29. The van der Waals surface area contributed by atoms with Crippen LogP contribution in [0.2, 0.25) is 0 Å². The molecule has 0 aliphatic carbocycles. The Kier molecular flexibility index (Phi) is 8.71. The summed E-state index contributed by atoms with van der Waals surface area (Å²) in [7, 11) is 3.25. The van der Waals surface area contributed by atoms with Crippen LogP contribution >= 0.6 is 0 Å². The first-order chi connectivity index (χ1) is 25.5. The van der Waals surface area contributed by atoms with Crippen molar-refractivity contribution in [3.63, 3.8) is 0 Å². The number of nitrogens with zero attached hydrogens (tertiary/aromatic N) is 2. The lowest BCUT2D eigenvalue weighted by atomic mass is 9.98. The second-order valence-corrected chi connectivity index (χ2v) is 12.8. The molecule has 0 saturated heterocycles. The van der Waals surface area contributed by atoms with Gasteiger partial charge in [0.15, 0.2) is 0 Å². The van der Waals surface area contributed by atoms with E-state index in [9.17, 15) is 9.59 Å². The van der Waals surface area contributed by atoms with Gasteiger partial charge in [-0.1, -0.05) is 133 Å². The lowest BCUT2D eigenvalue weighted by Gasteiger charge is -2.26. The van der Waals surface area contributed by atoms with E-state index in [0.717, 1.165) is 44.5 Å². The largest absolute Gasteiger partial charge is 0.497 e. The Labute approximate surface area is 303 Å². The molecule has 2 aliphatic heterocycles. The maximum atomic E-state index is 14.9. The van der Waals surface area contributed by atoms with Crippen molar-refractivity contribution in [1.82, 2.24) is 9.80 Å². The van der Waals surface area contributed by atoms with Crippen LogP contribution < -0.4 is 9.47 Å². The van der Waals surface area contributed by atoms with Crippen molar-refractivity contribution < 1.29 is 19.1 Å². The Hall–Kier alpha value is -6.66. The standard InChI is InChI=1S/C46H36N2O4/c1-51-39-17-9-11-31(27-39)29-47-43(37-23-19-35(20-24-37)33-13-5-3-6-14-33)41-42(45(47)49)44(38-25-21-36(22-26-38)34-15-7-4-8-16-34)48(46(41)50)30-32-12-10-18-40(28-32)52-2/h3-28H,29-30H2,1-2H3. The van der Waals surface area contributed by atoms with Gasteiger partial charge in [0.1, 0.15) is 11.5 Å². The maximum absolute atomic E-state index is 14.9. The molecule has 52 heavy (non-hydrogen) atoms. The lowest BCUT2D eigenvalue weighted by molar-refractivity contribution is -0.124. The molecule has 6 aromatic carbocycles. The smallest absolute Gasteiger partial charge is 0.261 e. The second-order valence-electron chi connectivity index (χ2n) is 12.8. The fourth-order valence-corrected chi connectivity index (χ4v) is 7.11. The highest BCUT2D eigenvalue weighted by molar-refractivity contribution is 6.30. The molecular weight excluding hydrogens is 645 g/mol. The van der Waals surface area contributed by atoms with E-state index in [1.807, 2.05) is 133 Å². The molecule has 2 aliphatic rings. The number of hydrogen-bond acceptors (Lipinski definition) is 4. The van der Waals surface area contributed by atoms with Gasteiger partial charge >= 0.3 is 0 Å². The van der Waals surface area contributed by atoms with Crippen LogP contribution in [0.4, 0.5) is 0 Å². The maximum Gasteiger partial charge on any atom is 0.261 e.